The summed E-state index contributed by atoms with van der Waals surface area (Å²) in [5, 5.41) is 0. The van der Waals surface area contributed by atoms with E-state index < -0.39 is 9.05 Å². The summed E-state index contributed by atoms with van der Waals surface area (Å²) >= 11 is 0. The number of hydrogen-bond donors (Lipinski definition) is 0. The van der Waals surface area contributed by atoms with Crippen molar-refractivity contribution in [2.45, 2.75) is 32.1 Å². The summed E-state index contributed by atoms with van der Waals surface area (Å²) in [7, 11) is 3.57. The van der Waals surface area contributed by atoms with Crippen molar-refractivity contribution < 1.29 is 22.6 Å². The third-order valence-corrected chi connectivity index (χ3v) is 4.84. The molecule has 0 saturated heterocycles. The van der Waals surface area contributed by atoms with Gasteiger partial charge in [-0.05, 0) is 19.3 Å². The lowest BCUT2D eigenvalue weighted by Crippen LogP contribution is -2.31. The van der Waals surface area contributed by atoms with Crippen molar-refractivity contribution in [3.8, 4) is 0 Å². The fourth-order valence-corrected chi connectivity index (χ4v) is 4.41. The van der Waals surface area contributed by atoms with Crippen LogP contribution in [0.2, 0.25) is 0 Å². The van der Waals surface area contributed by atoms with Crippen molar-refractivity contribution in [2.75, 3.05) is 45.9 Å². The first-order valence-corrected chi connectivity index (χ1v) is 9.52. The Bertz CT molecular complexity index is 352. The van der Waals surface area contributed by atoms with Crippen molar-refractivity contribution in [1.29, 1.82) is 0 Å². The first kappa shape index (κ1) is 18.2. The van der Waals surface area contributed by atoms with Crippen LogP contribution in [-0.4, -0.2) is 54.3 Å². The van der Waals surface area contributed by atoms with E-state index in [1.165, 1.54) is 0 Å². The molecule has 0 aromatic heterocycles. The SMILES string of the molecule is COCCOCCCOCC1(CS(=O)(=O)Cl)CCCC1. The van der Waals surface area contributed by atoms with Crippen LogP contribution in [0.1, 0.15) is 32.1 Å². The van der Waals surface area contributed by atoms with E-state index >= 15 is 0 Å². The molecular formula is C13H25ClO5S. The van der Waals surface area contributed by atoms with E-state index in [2.05, 4.69) is 0 Å². The average molecular weight is 329 g/mol. The van der Waals surface area contributed by atoms with E-state index in [0.29, 0.717) is 33.0 Å². The van der Waals surface area contributed by atoms with Gasteiger partial charge in [0.25, 0.3) is 0 Å². The Kier molecular flexibility index (Phi) is 8.36. The highest BCUT2D eigenvalue weighted by atomic mass is 35.7. The summed E-state index contributed by atoms with van der Waals surface area (Å²) in [6.45, 7) is 2.86. The lowest BCUT2D eigenvalue weighted by atomic mass is 9.90. The van der Waals surface area contributed by atoms with Crippen molar-refractivity contribution in [2.24, 2.45) is 5.41 Å². The van der Waals surface area contributed by atoms with E-state index in [9.17, 15) is 8.42 Å². The van der Waals surface area contributed by atoms with Crippen LogP contribution in [0.15, 0.2) is 0 Å². The molecule has 120 valence electrons. The minimum Gasteiger partial charge on any atom is -0.382 e. The van der Waals surface area contributed by atoms with Crippen LogP contribution >= 0.6 is 10.7 Å². The molecule has 1 aliphatic carbocycles. The van der Waals surface area contributed by atoms with Gasteiger partial charge in [0.2, 0.25) is 9.05 Å². The lowest BCUT2D eigenvalue weighted by Gasteiger charge is -2.27. The molecule has 1 saturated carbocycles. The van der Waals surface area contributed by atoms with Gasteiger partial charge in [-0.15, -0.1) is 0 Å². The number of rotatable bonds is 11. The molecule has 5 nitrogen and oxygen atoms in total. The minimum atomic E-state index is -3.47. The molecule has 0 bridgehead atoms. The number of methoxy groups -OCH3 is 1. The molecule has 0 radical (unpaired) electrons. The summed E-state index contributed by atoms with van der Waals surface area (Å²) in [5.74, 6) is 0.0197. The average Bonchev–Trinajstić information content (AvgIpc) is 2.79. The molecule has 7 heteroatoms. The van der Waals surface area contributed by atoms with Crippen LogP contribution in [0.25, 0.3) is 0 Å². The minimum absolute atomic E-state index is 0.0197. The zero-order chi connectivity index (χ0) is 14.9. The summed E-state index contributed by atoms with van der Waals surface area (Å²) in [5.41, 5.74) is -0.280. The van der Waals surface area contributed by atoms with Crippen LogP contribution in [-0.2, 0) is 23.3 Å². The van der Waals surface area contributed by atoms with Crippen molar-refractivity contribution >= 4 is 19.7 Å². The van der Waals surface area contributed by atoms with Crippen molar-refractivity contribution in [1.82, 2.24) is 0 Å². The smallest absolute Gasteiger partial charge is 0.233 e. The summed E-state index contributed by atoms with van der Waals surface area (Å²) in [6.07, 6.45) is 4.66. The van der Waals surface area contributed by atoms with E-state index in [-0.39, 0.29) is 11.2 Å². The maximum atomic E-state index is 11.3. The molecule has 1 rings (SSSR count). The molecule has 1 fully saturated rings. The standard InChI is InChI=1S/C13H25ClO5S/c1-17-9-10-18-7-4-8-19-11-13(5-2-3-6-13)12-20(14,15)16/h2-12H2,1H3. The van der Waals surface area contributed by atoms with Gasteiger partial charge in [0.05, 0.1) is 25.6 Å². The highest BCUT2D eigenvalue weighted by Gasteiger charge is 2.38. The third kappa shape index (κ3) is 7.78. The second-order valence-electron chi connectivity index (χ2n) is 5.40. The molecule has 0 aromatic rings. The van der Waals surface area contributed by atoms with Crippen molar-refractivity contribution in [3.05, 3.63) is 0 Å². The first-order chi connectivity index (χ1) is 9.47. The van der Waals surface area contributed by atoms with Crippen LogP contribution in [0.4, 0.5) is 0 Å². The largest absolute Gasteiger partial charge is 0.382 e. The Morgan fingerprint density at radius 1 is 1.05 bits per heavy atom. The fraction of sp³-hybridized carbons (Fsp3) is 1.00. The van der Waals surface area contributed by atoms with Gasteiger partial charge < -0.3 is 14.2 Å². The molecule has 0 N–H and O–H groups in total. The zero-order valence-electron chi connectivity index (χ0n) is 12.1. The molecule has 0 aromatic carbocycles. The molecule has 0 amide bonds. The maximum Gasteiger partial charge on any atom is 0.233 e. The van der Waals surface area contributed by atoms with E-state index in [4.69, 9.17) is 24.9 Å². The van der Waals surface area contributed by atoms with Crippen LogP contribution in [0.3, 0.4) is 0 Å². The molecule has 0 spiro atoms. The predicted octanol–water partition coefficient (Wildman–Crippen LogP) is 2.19. The second kappa shape index (κ2) is 9.20. The van der Waals surface area contributed by atoms with Gasteiger partial charge in [0.15, 0.2) is 0 Å². The number of ether oxygens (including phenoxy) is 3. The van der Waals surface area contributed by atoms with Crippen molar-refractivity contribution in [3.63, 3.8) is 0 Å². The first-order valence-electron chi connectivity index (χ1n) is 7.04. The van der Waals surface area contributed by atoms with Crippen LogP contribution < -0.4 is 0 Å². The third-order valence-electron chi connectivity index (χ3n) is 3.56. The molecule has 0 atom stereocenters. The Labute approximate surface area is 126 Å². The van der Waals surface area contributed by atoms with Crippen LogP contribution in [0.5, 0.6) is 0 Å². The van der Waals surface area contributed by atoms with Crippen LogP contribution in [0, 0.1) is 5.41 Å². The Morgan fingerprint density at radius 2 is 1.70 bits per heavy atom. The lowest BCUT2D eigenvalue weighted by molar-refractivity contribution is 0.0289. The molecule has 0 unspecified atom stereocenters. The van der Waals surface area contributed by atoms with Gasteiger partial charge >= 0.3 is 0 Å². The fourth-order valence-electron chi connectivity index (χ4n) is 2.62. The summed E-state index contributed by atoms with van der Waals surface area (Å²) in [6, 6.07) is 0. The zero-order valence-corrected chi connectivity index (χ0v) is 13.7. The molecule has 20 heavy (non-hydrogen) atoms. The highest BCUT2D eigenvalue weighted by Crippen LogP contribution is 2.40. The topological polar surface area (TPSA) is 61.8 Å². The Balaban J connectivity index is 2.17. The second-order valence-corrected chi connectivity index (χ2v) is 8.18. The highest BCUT2D eigenvalue weighted by molar-refractivity contribution is 8.13. The molecule has 1 aliphatic rings. The van der Waals surface area contributed by atoms with E-state index in [1.807, 2.05) is 0 Å². The number of hydrogen-bond acceptors (Lipinski definition) is 5. The number of halogens is 1. The monoisotopic (exact) mass is 328 g/mol. The Hall–Kier alpha value is 0.120. The summed E-state index contributed by atoms with van der Waals surface area (Å²) < 4.78 is 38.5. The maximum absolute atomic E-state index is 11.3. The van der Waals surface area contributed by atoms with Gasteiger partial charge in [-0.3, -0.25) is 0 Å². The summed E-state index contributed by atoms with van der Waals surface area (Å²) in [4.78, 5) is 0. The van der Waals surface area contributed by atoms with Gasteiger partial charge in [0.1, 0.15) is 0 Å². The van der Waals surface area contributed by atoms with E-state index in [0.717, 1.165) is 32.1 Å². The van der Waals surface area contributed by atoms with Gasteiger partial charge in [-0.2, -0.15) is 0 Å². The molecule has 0 heterocycles. The van der Waals surface area contributed by atoms with Gasteiger partial charge in [0, 0.05) is 36.4 Å². The normalized spacial score (nSPS) is 18.5. The quantitative estimate of drug-likeness (QED) is 0.430. The van der Waals surface area contributed by atoms with E-state index in [1.54, 1.807) is 7.11 Å². The van der Waals surface area contributed by atoms with Gasteiger partial charge in [-0.1, -0.05) is 12.8 Å². The predicted molar refractivity (Wildman–Crippen MR) is 78.7 cm³/mol. The molecule has 0 aliphatic heterocycles. The Morgan fingerprint density at radius 3 is 2.30 bits per heavy atom. The van der Waals surface area contributed by atoms with Gasteiger partial charge in [-0.25, -0.2) is 8.42 Å². The molecular weight excluding hydrogens is 304 g/mol.